The van der Waals surface area contributed by atoms with Crippen LogP contribution in [0.4, 0.5) is 5.69 Å². The Morgan fingerprint density at radius 1 is 1.21 bits per heavy atom. The lowest BCUT2D eigenvalue weighted by Crippen LogP contribution is -2.37. The molecule has 1 aliphatic rings. The van der Waals surface area contributed by atoms with Crippen LogP contribution in [-0.2, 0) is 14.3 Å². The van der Waals surface area contributed by atoms with E-state index in [0.29, 0.717) is 6.54 Å². The normalized spacial score (nSPS) is 15.5. The number of benzene rings is 1. The standard InChI is InChI=1S/C22H29N3O3/c1-18(22(27)24(2)15-7-14-23)28-21(26)13-10-19-8-11-20(12-9-19)25-16-5-3-4-6-17-25/h8-13,18H,3-7,15-17H2,1-2H3/b13-10+/t18-/m0/s1. The van der Waals surface area contributed by atoms with Crippen molar-refractivity contribution in [3.8, 4) is 6.07 Å². The molecule has 28 heavy (non-hydrogen) atoms. The zero-order valence-corrected chi connectivity index (χ0v) is 16.8. The molecule has 6 heteroatoms. The molecule has 1 aromatic carbocycles. The Hall–Kier alpha value is -2.81. The zero-order valence-electron chi connectivity index (χ0n) is 16.8. The van der Waals surface area contributed by atoms with Crippen LogP contribution in [0.2, 0.25) is 0 Å². The molecule has 1 aromatic rings. The summed E-state index contributed by atoms with van der Waals surface area (Å²) in [5.74, 6) is -0.884. The molecular formula is C22H29N3O3. The molecule has 0 aromatic heterocycles. The van der Waals surface area contributed by atoms with Crippen LogP contribution >= 0.6 is 0 Å². The van der Waals surface area contributed by atoms with Gasteiger partial charge in [0, 0.05) is 38.4 Å². The lowest BCUT2D eigenvalue weighted by atomic mass is 10.1. The summed E-state index contributed by atoms with van der Waals surface area (Å²) >= 11 is 0. The molecule has 0 bridgehead atoms. The number of hydrogen-bond acceptors (Lipinski definition) is 5. The molecule has 150 valence electrons. The lowest BCUT2D eigenvalue weighted by molar-refractivity contribution is -0.154. The topological polar surface area (TPSA) is 73.6 Å². The molecule has 1 aliphatic heterocycles. The first kappa shape index (κ1) is 21.5. The van der Waals surface area contributed by atoms with Gasteiger partial charge >= 0.3 is 5.97 Å². The number of nitriles is 1. The smallest absolute Gasteiger partial charge is 0.331 e. The molecule has 1 amide bonds. The maximum atomic E-state index is 12.1. The second-order valence-electron chi connectivity index (χ2n) is 7.07. The highest BCUT2D eigenvalue weighted by atomic mass is 16.5. The average molecular weight is 383 g/mol. The van der Waals surface area contributed by atoms with Gasteiger partial charge in [-0.15, -0.1) is 0 Å². The summed E-state index contributed by atoms with van der Waals surface area (Å²) in [6, 6.07) is 10.1. The number of ether oxygens (including phenoxy) is 1. The number of carbonyl (C=O) groups excluding carboxylic acids is 2. The highest BCUT2D eigenvalue weighted by Gasteiger charge is 2.20. The van der Waals surface area contributed by atoms with Crippen molar-refractivity contribution in [1.29, 1.82) is 5.26 Å². The Balaban J connectivity index is 1.86. The van der Waals surface area contributed by atoms with Gasteiger partial charge in [0.2, 0.25) is 0 Å². The molecule has 1 heterocycles. The van der Waals surface area contributed by atoms with Crippen molar-refractivity contribution in [2.24, 2.45) is 0 Å². The van der Waals surface area contributed by atoms with E-state index in [1.54, 1.807) is 13.1 Å². The molecule has 1 fully saturated rings. The Bertz CT molecular complexity index is 714. The van der Waals surface area contributed by atoms with E-state index in [1.165, 1.54) is 49.3 Å². The summed E-state index contributed by atoms with van der Waals surface area (Å²) in [7, 11) is 1.59. The summed E-state index contributed by atoms with van der Waals surface area (Å²) in [5, 5.41) is 8.58. The van der Waals surface area contributed by atoms with Gasteiger partial charge in [0.1, 0.15) is 0 Å². The van der Waals surface area contributed by atoms with Crippen LogP contribution in [0.15, 0.2) is 30.3 Å². The van der Waals surface area contributed by atoms with E-state index in [1.807, 2.05) is 18.2 Å². The van der Waals surface area contributed by atoms with Crippen LogP contribution in [0.5, 0.6) is 0 Å². The monoisotopic (exact) mass is 383 g/mol. The van der Waals surface area contributed by atoms with Crippen molar-refractivity contribution in [1.82, 2.24) is 4.90 Å². The Morgan fingerprint density at radius 2 is 1.86 bits per heavy atom. The first-order valence-corrected chi connectivity index (χ1v) is 9.87. The fraction of sp³-hybridized carbons (Fsp3) is 0.500. The largest absolute Gasteiger partial charge is 0.449 e. The molecule has 1 saturated heterocycles. The first-order chi connectivity index (χ1) is 13.5. The molecule has 6 nitrogen and oxygen atoms in total. The van der Waals surface area contributed by atoms with Crippen molar-refractivity contribution in [2.45, 2.75) is 45.1 Å². The Kier molecular flexibility index (Phi) is 8.54. The highest BCUT2D eigenvalue weighted by Crippen LogP contribution is 2.20. The third-order valence-electron chi connectivity index (χ3n) is 4.85. The van der Waals surface area contributed by atoms with Gasteiger partial charge < -0.3 is 14.5 Å². The van der Waals surface area contributed by atoms with Gasteiger partial charge in [-0.1, -0.05) is 25.0 Å². The van der Waals surface area contributed by atoms with Crippen LogP contribution in [0.1, 0.15) is 44.6 Å². The van der Waals surface area contributed by atoms with E-state index in [2.05, 4.69) is 17.0 Å². The minimum absolute atomic E-state index is 0.246. The van der Waals surface area contributed by atoms with Gasteiger partial charge in [0.15, 0.2) is 6.10 Å². The third kappa shape index (κ3) is 6.73. The summed E-state index contributed by atoms with van der Waals surface area (Å²) in [5.41, 5.74) is 2.11. The van der Waals surface area contributed by atoms with Gasteiger partial charge in [-0.2, -0.15) is 5.26 Å². The highest BCUT2D eigenvalue weighted by molar-refractivity contribution is 5.90. The van der Waals surface area contributed by atoms with Crippen molar-refractivity contribution in [3.05, 3.63) is 35.9 Å². The molecular weight excluding hydrogens is 354 g/mol. The van der Waals surface area contributed by atoms with Crippen molar-refractivity contribution in [3.63, 3.8) is 0 Å². The predicted octanol–water partition coefficient (Wildman–Crippen LogP) is 3.38. The Morgan fingerprint density at radius 3 is 2.46 bits per heavy atom. The lowest BCUT2D eigenvalue weighted by Gasteiger charge is -2.22. The predicted molar refractivity (Wildman–Crippen MR) is 110 cm³/mol. The van der Waals surface area contributed by atoms with E-state index in [-0.39, 0.29) is 12.3 Å². The number of likely N-dealkylation sites (N-methyl/N-ethyl adjacent to an activating group) is 1. The molecule has 0 aliphatic carbocycles. The summed E-state index contributed by atoms with van der Waals surface area (Å²) in [6.45, 7) is 4.04. The maximum Gasteiger partial charge on any atom is 0.331 e. The molecule has 0 saturated carbocycles. The molecule has 0 N–H and O–H groups in total. The van der Waals surface area contributed by atoms with Crippen molar-refractivity contribution in [2.75, 3.05) is 31.6 Å². The Labute approximate surface area is 167 Å². The minimum atomic E-state index is -0.883. The maximum absolute atomic E-state index is 12.1. The van der Waals surface area contributed by atoms with E-state index >= 15 is 0 Å². The van der Waals surface area contributed by atoms with E-state index in [0.717, 1.165) is 18.7 Å². The number of nitrogens with zero attached hydrogens (tertiary/aromatic N) is 3. The quantitative estimate of drug-likeness (QED) is 0.533. The van der Waals surface area contributed by atoms with Crippen LogP contribution in [0.3, 0.4) is 0 Å². The van der Waals surface area contributed by atoms with Gasteiger partial charge in [-0.05, 0) is 43.5 Å². The van der Waals surface area contributed by atoms with Crippen LogP contribution < -0.4 is 4.90 Å². The van der Waals surface area contributed by atoms with E-state index in [9.17, 15) is 9.59 Å². The van der Waals surface area contributed by atoms with Gasteiger partial charge in [-0.3, -0.25) is 4.79 Å². The first-order valence-electron chi connectivity index (χ1n) is 9.87. The average Bonchev–Trinajstić information content (AvgIpc) is 2.99. The number of carbonyl (C=O) groups is 2. The van der Waals surface area contributed by atoms with E-state index in [4.69, 9.17) is 10.00 Å². The fourth-order valence-corrected chi connectivity index (χ4v) is 3.19. The summed E-state index contributed by atoms with van der Waals surface area (Å²) in [4.78, 5) is 27.9. The minimum Gasteiger partial charge on any atom is -0.449 e. The second-order valence-corrected chi connectivity index (χ2v) is 7.07. The molecule has 0 radical (unpaired) electrons. The number of rotatable bonds is 7. The van der Waals surface area contributed by atoms with Crippen LogP contribution in [-0.4, -0.2) is 49.6 Å². The SMILES string of the molecule is C[C@H](OC(=O)/C=C/c1ccc(N2CCCCCC2)cc1)C(=O)N(C)CCC#N. The molecule has 1 atom stereocenters. The number of anilines is 1. The molecule has 0 spiro atoms. The summed E-state index contributed by atoms with van der Waals surface area (Å²) in [6.07, 6.45) is 7.45. The third-order valence-corrected chi connectivity index (χ3v) is 4.85. The van der Waals surface area contributed by atoms with Crippen molar-refractivity contribution < 1.29 is 14.3 Å². The van der Waals surface area contributed by atoms with E-state index < -0.39 is 12.1 Å². The second kappa shape index (κ2) is 11.1. The van der Waals surface area contributed by atoms with Crippen LogP contribution in [0, 0.1) is 11.3 Å². The fourth-order valence-electron chi connectivity index (χ4n) is 3.19. The van der Waals surface area contributed by atoms with Crippen LogP contribution in [0.25, 0.3) is 6.08 Å². The molecule has 2 rings (SSSR count). The number of hydrogen-bond donors (Lipinski definition) is 0. The summed E-state index contributed by atoms with van der Waals surface area (Å²) < 4.78 is 5.16. The molecule has 0 unspecified atom stereocenters. The van der Waals surface area contributed by atoms with Gasteiger partial charge in [0.05, 0.1) is 12.5 Å². The number of esters is 1. The number of amides is 1. The van der Waals surface area contributed by atoms with Crippen molar-refractivity contribution >= 4 is 23.6 Å². The van der Waals surface area contributed by atoms with Gasteiger partial charge in [0.25, 0.3) is 5.91 Å². The zero-order chi connectivity index (χ0) is 20.4. The van der Waals surface area contributed by atoms with Gasteiger partial charge in [-0.25, -0.2) is 4.79 Å².